The molecule has 0 amide bonds. The number of hydrogen-bond acceptors (Lipinski definition) is 3. The summed E-state index contributed by atoms with van der Waals surface area (Å²) in [4.78, 5) is 1.60. The molecule has 2 aliphatic rings. The molecule has 0 aromatic rings. The molecule has 0 spiro atoms. The van der Waals surface area contributed by atoms with E-state index in [4.69, 9.17) is 14.2 Å². The molecule has 0 aromatic carbocycles. The monoisotopic (exact) mass is 272 g/mol. The molecular weight excluding hydrogens is 242 g/mol. The topological polar surface area (TPSA) is 32.1 Å². The molecule has 0 aliphatic carbocycles. The second kappa shape index (κ2) is 8.20. The van der Waals surface area contributed by atoms with E-state index in [1.807, 2.05) is 0 Å². The number of nitrogens with one attached hydrogen (secondary N) is 1. The summed E-state index contributed by atoms with van der Waals surface area (Å²) < 4.78 is 17.4. The SMILES string of the molecule is CCCC[C@@H](CC)[C@@H]1OC[C@H](C[NH+]2CCOCC2)O1. The minimum atomic E-state index is 0.0435. The van der Waals surface area contributed by atoms with Crippen molar-refractivity contribution in [2.45, 2.75) is 51.9 Å². The third kappa shape index (κ3) is 4.71. The summed E-state index contributed by atoms with van der Waals surface area (Å²) >= 11 is 0. The first-order valence-electron chi connectivity index (χ1n) is 8.01. The number of unbranched alkanes of at least 4 members (excludes halogenated alkanes) is 1. The van der Waals surface area contributed by atoms with Gasteiger partial charge in [-0.2, -0.15) is 0 Å². The number of hydrogen-bond donors (Lipinski definition) is 1. The van der Waals surface area contributed by atoms with Crippen LogP contribution in [0.3, 0.4) is 0 Å². The Morgan fingerprint density at radius 2 is 2.00 bits per heavy atom. The standard InChI is InChI=1S/C15H29NO3/c1-3-5-6-13(4-2)15-18-12-14(19-15)11-16-7-9-17-10-8-16/h13-15H,3-12H2,1-2H3/p+1/t13-,14+,15-/m1/s1. The van der Waals surface area contributed by atoms with E-state index >= 15 is 0 Å². The van der Waals surface area contributed by atoms with E-state index < -0.39 is 0 Å². The van der Waals surface area contributed by atoms with Crippen molar-refractivity contribution in [2.75, 3.05) is 39.5 Å². The summed E-state index contributed by atoms with van der Waals surface area (Å²) in [7, 11) is 0. The molecule has 19 heavy (non-hydrogen) atoms. The predicted octanol–water partition coefficient (Wildman–Crippen LogP) is 0.859. The van der Waals surface area contributed by atoms with Gasteiger partial charge in [-0.3, -0.25) is 0 Å². The van der Waals surface area contributed by atoms with Crippen molar-refractivity contribution in [3.05, 3.63) is 0 Å². The van der Waals surface area contributed by atoms with Gasteiger partial charge in [-0.15, -0.1) is 0 Å². The largest absolute Gasteiger partial charge is 0.370 e. The maximum atomic E-state index is 6.13. The Morgan fingerprint density at radius 3 is 2.68 bits per heavy atom. The first-order valence-corrected chi connectivity index (χ1v) is 8.01. The maximum absolute atomic E-state index is 6.13. The lowest BCUT2D eigenvalue weighted by atomic mass is 9.99. The van der Waals surface area contributed by atoms with Crippen LogP contribution in [0.15, 0.2) is 0 Å². The molecule has 0 saturated carbocycles. The molecule has 2 saturated heterocycles. The molecule has 1 N–H and O–H groups in total. The van der Waals surface area contributed by atoms with E-state index in [2.05, 4.69) is 13.8 Å². The van der Waals surface area contributed by atoms with Crippen molar-refractivity contribution < 1.29 is 19.1 Å². The van der Waals surface area contributed by atoms with E-state index in [9.17, 15) is 0 Å². The average Bonchev–Trinajstić information content (AvgIpc) is 2.89. The van der Waals surface area contributed by atoms with Crippen LogP contribution in [0.5, 0.6) is 0 Å². The first kappa shape index (κ1) is 15.2. The second-order valence-corrected chi connectivity index (χ2v) is 5.84. The molecule has 0 aromatic heterocycles. The Morgan fingerprint density at radius 1 is 1.21 bits per heavy atom. The smallest absolute Gasteiger partial charge is 0.161 e. The molecule has 2 fully saturated rings. The van der Waals surface area contributed by atoms with Crippen molar-refractivity contribution >= 4 is 0 Å². The third-order valence-electron chi connectivity index (χ3n) is 4.33. The average molecular weight is 272 g/mol. The lowest BCUT2D eigenvalue weighted by Gasteiger charge is -2.26. The van der Waals surface area contributed by atoms with Crippen LogP contribution in [0.25, 0.3) is 0 Å². The van der Waals surface area contributed by atoms with E-state index in [0.717, 1.165) is 45.9 Å². The van der Waals surface area contributed by atoms with Gasteiger partial charge in [0.25, 0.3) is 0 Å². The van der Waals surface area contributed by atoms with Gasteiger partial charge in [0.05, 0.1) is 19.8 Å². The fourth-order valence-electron chi connectivity index (χ4n) is 3.01. The molecule has 2 heterocycles. The van der Waals surface area contributed by atoms with E-state index in [0.29, 0.717) is 5.92 Å². The minimum Gasteiger partial charge on any atom is -0.370 e. The maximum Gasteiger partial charge on any atom is 0.161 e. The molecule has 3 atom stereocenters. The predicted molar refractivity (Wildman–Crippen MR) is 74.3 cm³/mol. The van der Waals surface area contributed by atoms with Gasteiger partial charge in [0.15, 0.2) is 6.29 Å². The van der Waals surface area contributed by atoms with E-state index in [1.165, 1.54) is 19.3 Å². The lowest BCUT2D eigenvalue weighted by molar-refractivity contribution is -0.910. The van der Waals surface area contributed by atoms with Crippen LogP contribution in [0.4, 0.5) is 0 Å². The van der Waals surface area contributed by atoms with Gasteiger partial charge in [-0.25, -0.2) is 0 Å². The fraction of sp³-hybridized carbons (Fsp3) is 1.00. The molecule has 0 unspecified atom stereocenters. The quantitative estimate of drug-likeness (QED) is 0.746. The highest BCUT2D eigenvalue weighted by molar-refractivity contribution is 4.71. The van der Waals surface area contributed by atoms with Gasteiger partial charge in [0, 0.05) is 5.92 Å². The molecular formula is C15H30NO3+. The zero-order valence-corrected chi connectivity index (χ0v) is 12.5. The number of quaternary nitrogens is 1. The normalized spacial score (nSPS) is 30.6. The Kier molecular flexibility index (Phi) is 6.57. The van der Waals surface area contributed by atoms with Crippen LogP contribution in [-0.2, 0) is 14.2 Å². The van der Waals surface area contributed by atoms with E-state index in [-0.39, 0.29) is 12.4 Å². The molecule has 0 bridgehead atoms. The van der Waals surface area contributed by atoms with Crippen LogP contribution in [0, 0.1) is 5.92 Å². The van der Waals surface area contributed by atoms with Crippen LogP contribution in [0.2, 0.25) is 0 Å². The van der Waals surface area contributed by atoms with Crippen molar-refractivity contribution in [1.82, 2.24) is 0 Å². The highest BCUT2D eigenvalue weighted by atomic mass is 16.7. The number of ether oxygens (including phenoxy) is 3. The summed E-state index contributed by atoms with van der Waals surface area (Å²) in [6, 6.07) is 0. The Bertz CT molecular complexity index is 244. The van der Waals surface area contributed by atoms with E-state index in [1.54, 1.807) is 4.90 Å². The van der Waals surface area contributed by atoms with Crippen LogP contribution < -0.4 is 4.90 Å². The fourth-order valence-corrected chi connectivity index (χ4v) is 3.01. The third-order valence-corrected chi connectivity index (χ3v) is 4.33. The summed E-state index contributed by atoms with van der Waals surface area (Å²) in [5.74, 6) is 0.574. The summed E-state index contributed by atoms with van der Waals surface area (Å²) in [6.45, 7) is 10.3. The zero-order chi connectivity index (χ0) is 13.5. The van der Waals surface area contributed by atoms with Crippen LogP contribution in [0.1, 0.15) is 39.5 Å². The Labute approximate surface area is 117 Å². The Balaban J connectivity index is 1.71. The highest BCUT2D eigenvalue weighted by Gasteiger charge is 2.33. The Hall–Kier alpha value is -0.160. The van der Waals surface area contributed by atoms with Crippen molar-refractivity contribution in [3.8, 4) is 0 Å². The minimum absolute atomic E-state index is 0.0435. The van der Waals surface area contributed by atoms with Crippen molar-refractivity contribution in [1.29, 1.82) is 0 Å². The van der Waals surface area contributed by atoms with Gasteiger partial charge < -0.3 is 19.1 Å². The molecule has 112 valence electrons. The molecule has 2 rings (SSSR count). The van der Waals surface area contributed by atoms with Crippen molar-refractivity contribution in [3.63, 3.8) is 0 Å². The molecule has 4 heteroatoms. The van der Waals surface area contributed by atoms with Gasteiger partial charge in [-0.1, -0.05) is 26.7 Å². The van der Waals surface area contributed by atoms with Gasteiger partial charge in [0.2, 0.25) is 0 Å². The summed E-state index contributed by atoms with van der Waals surface area (Å²) in [5.41, 5.74) is 0. The first-order chi connectivity index (χ1) is 9.33. The lowest BCUT2D eigenvalue weighted by Crippen LogP contribution is -3.15. The number of rotatable bonds is 7. The van der Waals surface area contributed by atoms with Crippen molar-refractivity contribution in [2.24, 2.45) is 5.92 Å². The number of morpholine rings is 1. The van der Waals surface area contributed by atoms with Gasteiger partial charge >= 0.3 is 0 Å². The highest BCUT2D eigenvalue weighted by Crippen LogP contribution is 2.25. The zero-order valence-electron chi connectivity index (χ0n) is 12.5. The molecule has 4 nitrogen and oxygen atoms in total. The second-order valence-electron chi connectivity index (χ2n) is 5.84. The van der Waals surface area contributed by atoms with Gasteiger partial charge in [0.1, 0.15) is 25.7 Å². The van der Waals surface area contributed by atoms with Crippen LogP contribution >= 0.6 is 0 Å². The summed E-state index contributed by atoms with van der Waals surface area (Å²) in [5, 5.41) is 0. The summed E-state index contributed by atoms with van der Waals surface area (Å²) in [6.07, 6.45) is 5.25. The molecule has 0 radical (unpaired) electrons. The molecule has 2 aliphatic heterocycles. The van der Waals surface area contributed by atoms with Crippen LogP contribution in [-0.4, -0.2) is 51.8 Å². The van der Waals surface area contributed by atoms with Gasteiger partial charge in [-0.05, 0) is 12.8 Å².